The van der Waals surface area contributed by atoms with Gasteiger partial charge in [-0.15, -0.1) is 0 Å². The molecule has 0 aliphatic heterocycles. The van der Waals surface area contributed by atoms with Crippen LogP contribution in [0.2, 0.25) is 0 Å². The van der Waals surface area contributed by atoms with E-state index in [0.717, 1.165) is 10.6 Å². The highest BCUT2D eigenvalue weighted by Gasteiger charge is 2.31. The van der Waals surface area contributed by atoms with E-state index in [1.54, 1.807) is 41.5 Å². The van der Waals surface area contributed by atoms with Gasteiger partial charge in [0.15, 0.2) is 0 Å². The second-order valence-corrected chi connectivity index (χ2v) is 7.86. The fourth-order valence-electron chi connectivity index (χ4n) is 2.03. The summed E-state index contributed by atoms with van der Waals surface area (Å²) in [5.41, 5.74) is 1.63. The Morgan fingerprint density at radius 1 is 1.04 bits per heavy atom. The third-order valence-corrected chi connectivity index (χ3v) is 2.98. The van der Waals surface area contributed by atoms with E-state index in [4.69, 9.17) is 9.47 Å². The van der Waals surface area contributed by atoms with Gasteiger partial charge in [-0.1, -0.05) is 30.3 Å². The van der Waals surface area contributed by atoms with Crippen molar-refractivity contribution < 1.29 is 23.9 Å². The number of rotatable bonds is 4. The van der Waals surface area contributed by atoms with Crippen LogP contribution in [0.25, 0.3) is 0 Å². The highest BCUT2D eigenvalue weighted by atomic mass is 16.6. The van der Waals surface area contributed by atoms with Crippen LogP contribution in [-0.2, 0) is 20.7 Å². The van der Waals surface area contributed by atoms with Gasteiger partial charge in [0.1, 0.15) is 23.5 Å². The maximum absolute atomic E-state index is 12.5. The summed E-state index contributed by atoms with van der Waals surface area (Å²) in [7, 11) is 0. The molecule has 1 N–H and O–H groups in total. The lowest BCUT2D eigenvalue weighted by atomic mass is 10.1. The molecule has 2 amide bonds. The number of aldehydes is 1. The Morgan fingerprint density at radius 2 is 1.58 bits per heavy atom. The summed E-state index contributed by atoms with van der Waals surface area (Å²) in [6, 6.07) is 8.23. The fourth-order valence-corrected chi connectivity index (χ4v) is 2.03. The average molecular weight is 364 g/mol. The van der Waals surface area contributed by atoms with Crippen molar-refractivity contribution in [2.75, 3.05) is 0 Å². The van der Waals surface area contributed by atoms with Crippen molar-refractivity contribution in [1.82, 2.24) is 10.4 Å². The van der Waals surface area contributed by atoms with Gasteiger partial charge in [-0.05, 0) is 47.1 Å². The first kappa shape index (κ1) is 21.5. The zero-order chi connectivity index (χ0) is 20.0. The van der Waals surface area contributed by atoms with Gasteiger partial charge >= 0.3 is 12.2 Å². The van der Waals surface area contributed by atoms with Crippen LogP contribution >= 0.6 is 0 Å². The molecule has 0 unspecified atom stereocenters. The molecule has 0 radical (unpaired) electrons. The minimum atomic E-state index is -0.945. The first-order valence-corrected chi connectivity index (χ1v) is 8.42. The zero-order valence-electron chi connectivity index (χ0n) is 16.2. The third-order valence-electron chi connectivity index (χ3n) is 2.98. The standard InChI is InChI=1S/C19H28N2O5/c1-18(2,3)25-16(23)20-21(17(24)26-19(4,5)6)15(13-22)12-14-10-8-7-9-11-14/h7-11,13,15H,12H2,1-6H3,(H,20,23)/t15-/m0/s1. The number of carbonyl (C=O) groups excluding carboxylic acids is 3. The Hall–Kier alpha value is -2.57. The molecule has 0 fully saturated rings. The maximum Gasteiger partial charge on any atom is 0.429 e. The van der Waals surface area contributed by atoms with Crippen molar-refractivity contribution in [3.63, 3.8) is 0 Å². The van der Waals surface area contributed by atoms with E-state index >= 15 is 0 Å². The number of hydrogen-bond donors (Lipinski definition) is 1. The van der Waals surface area contributed by atoms with Crippen molar-refractivity contribution >= 4 is 18.5 Å². The largest absolute Gasteiger partial charge is 0.443 e. The topological polar surface area (TPSA) is 84.9 Å². The molecule has 0 heterocycles. The first-order chi connectivity index (χ1) is 11.9. The molecular formula is C19H28N2O5. The van der Waals surface area contributed by atoms with Crippen LogP contribution in [-0.4, -0.2) is 40.7 Å². The van der Waals surface area contributed by atoms with Crippen molar-refractivity contribution in [1.29, 1.82) is 0 Å². The molecule has 1 aromatic rings. The molecule has 26 heavy (non-hydrogen) atoms. The molecule has 1 aromatic carbocycles. The van der Waals surface area contributed by atoms with E-state index in [1.165, 1.54) is 0 Å². The Balaban J connectivity index is 3.01. The molecule has 7 nitrogen and oxygen atoms in total. The lowest BCUT2D eigenvalue weighted by molar-refractivity contribution is -0.113. The second-order valence-electron chi connectivity index (χ2n) is 7.86. The molecule has 1 atom stereocenters. The van der Waals surface area contributed by atoms with E-state index in [9.17, 15) is 14.4 Å². The van der Waals surface area contributed by atoms with E-state index in [1.807, 2.05) is 30.3 Å². The Labute approximate surface area is 154 Å². The van der Waals surface area contributed by atoms with Crippen molar-refractivity contribution in [2.45, 2.75) is 65.2 Å². The summed E-state index contributed by atoms with van der Waals surface area (Å²) in [4.78, 5) is 36.3. The lowest BCUT2D eigenvalue weighted by Gasteiger charge is -2.31. The van der Waals surface area contributed by atoms with Gasteiger partial charge in [0.2, 0.25) is 0 Å². The van der Waals surface area contributed by atoms with Gasteiger partial charge in [-0.25, -0.2) is 20.0 Å². The predicted molar refractivity (Wildman–Crippen MR) is 97.4 cm³/mol. The van der Waals surface area contributed by atoms with Gasteiger partial charge in [0.25, 0.3) is 0 Å². The highest BCUT2D eigenvalue weighted by Crippen LogP contribution is 2.14. The molecule has 144 valence electrons. The van der Waals surface area contributed by atoms with E-state index in [-0.39, 0.29) is 6.42 Å². The molecule has 1 rings (SSSR count). The highest BCUT2D eigenvalue weighted by molar-refractivity contribution is 5.78. The summed E-state index contributed by atoms with van der Waals surface area (Å²) in [6.45, 7) is 10.2. The number of hydrazine groups is 1. The van der Waals surface area contributed by atoms with E-state index in [2.05, 4.69) is 5.43 Å². The summed E-state index contributed by atoms with van der Waals surface area (Å²) < 4.78 is 10.5. The number of hydrogen-bond acceptors (Lipinski definition) is 5. The first-order valence-electron chi connectivity index (χ1n) is 8.42. The van der Waals surface area contributed by atoms with Gasteiger partial charge in [0.05, 0.1) is 0 Å². The van der Waals surface area contributed by atoms with Crippen LogP contribution < -0.4 is 5.43 Å². The molecular weight excluding hydrogens is 336 g/mol. The summed E-state index contributed by atoms with van der Waals surface area (Å²) in [6.07, 6.45) is -0.868. The minimum Gasteiger partial charge on any atom is -0.443 e. The molecule has 0 saturated heterocycles. The number of benzene rings is 1. The van der Waals surface area contributed by atoms with Crippen LogP contribution in [0.4, 0.5) is 9.59 Å². The number of amides is 2. The van der Waals surface area contributed by atoms with Crippen molar-refractivity contribution in [2.24, 2.45) is 0 Å². The normalized spacial score (nSPS) is 12.7. The van der Waals surface area contributed by atoms with Gasteiger partial charge in [0, 0.05) is 6.42 Å². The van der Waals surface area contributed by atoms with Crippen LogP contribution in [0.1, 0.15) is 47.1 Å². The fraction of sp³-hybridized carbons (Fsp3) is 0.526. The SMILES string of the molecule is CC(C)(C)OC(=O)NN(C(=O)OC(C)(C)C)[C@H](C=O)Cc1ccccc1. The van der Waals surface area contributed by atoms with Gasteiger partial charge < -0.3 is 14.3 Å². The molecule has 7 heteroatoms. The summed E-state index contributed by atoms with van der Waals surface area (Å²) >= 11 is 0. The molecule has 0 bridgehead atoms. The van der Waals surface area contributed by atoms with Crippen LogP contribution in [0.3, 0.4) is 0 Å². The zero-order valence-corrected chi connectivity index (χ0v) is 16.2. The number of ether oxygens (including phenoxy) is 2. The van der Waals surface area contributed by atoms with Crippen molar-refractivity contribution in [3.05, 3.63) is 35.9 Å². The smallest absolute Gasteiger partial charge is 0.429 e. The number of nitrogens with zero attached hydrogens (tertiary/aromatic N) is 1. The third kappa shape index (κ3) is 8.00. The van der Waals surface area contributed by atoms with Gasteiger partial charge in [-0.3, -0.25) is 0 Å². The van der Waals surface area contributed by atoms with E-state index in [0.29, 0.717) is 6.29 Å². The molecule has 0 aliphatic carbocycles. The number of carbonyl (C=O) groups is 3. The lowest BCUT2D eigenvalue weighted by Crippen LogP contribution is -2.55. The Morgan fingerprint density at radius 3 is 2.04 bits per heavy atom. The molecule has 0 saturated carbocycles. The van der Waals surface area contributed by atoms with Crippen LogP contribution in [0.5, 0.6) is 0 Å². The van der Waals surface area contributed by atoms with E-state index < -0.39 is 29.4 Å². The maximum atomic E-state index is 12.5. The minimum absolute atomic E-state index is 0.222. The van der Waals surface area contributed by atoms with Crippen molar-refractivity contribution in [3.8, 4) is 0 Å². The molecule has 0 aromatic heterocycles. The second kappa shape index (κ2) is 8.69. The average Bonchev–Trinajstić information content (AvgIpc) is 2.48. The predicted octanol–water partition coefficient (Wildman–Crippen LogP) is 3.47. The van der Waals surface area contributed by atoms with Crippen LogP contribution in [0, 0.1) is 0 Å². The molecule has 0 spiro atoms. The van der Waals surface area contributed by atoms with Crippen LogP contribution in [0.15, 0.2) is 30.3 Å². The molecule has 0 aliphatic rings. The Bertz CT molecular complexity index is 617. The summed E-state index contributed by atoms with van der Waals surface area (Å²) in [5, 5.41) is 0.874. The quantitative estimate of drug-likeness (QED) is 0.653. The monoisotopic (exact) mass is 364 g/mol. The van der Waals surface area contributed by atoms with Gasteiger partial charge in [-0.2, -0.15) is 0 Å². The Kier molecular flexibility index (Phi) is 7.18. The summed E-state index contributed by atoms with van der Waals surface area (Å²) in [5.74, 6) is 0. The number of nitrogens with one attached hydrogen (secondary N) is 1.